The molecule has 0 N–H and O–H groups in total. The summed E-state index contributed by atoms with van der Waals surface area (Å²) in [6.07, 6.45) is 0. The lowest BCUT2D eigenvalue weighted by Gasteiger charge is -2.14. The van der Waals surface area contributed by atoms with E-state index in [-0.39, 0.29) is 12.0 Å². The lowest BCUT2D eigenvalue weighted by atomic mass is 10.2. The van der Waals surface area contributed by atoms with Crippen LogP contribution in [0, 0.1) is 0 Å². The smallest absolute Gasteiger partial charge is 0.282 e. The van der Waals surface area contributed by atoms with Crippen LogP contribution < -0.4 is 9.47 Å². The highest BCUT2D eigenvalue weighted by molar-refractivity contribution is 8.13. The molecular formula is C11H11NO3S. The Labute approximate surface area is 97.5 Å². The number of hydrogen-bond acceptors (Lipinski definition) is 4. The van der Waals surface area contributed by atoms with Crippen LogP contribution in [0.4, 0.5) is 4.79 Å². The number of amides is 1. The summed E-state index contributed by atoms with van der Waals surface area (Å²) in [6, 6.07) is 5.81. The second-order valence-electron chi connectivity index (χ2n) is 3.72. The van der Waals surface area contributed by atoms with Crippen molar-refractivity contribution in [1.29, 1.82) is 0 Å². The summed E-state index contributed by atoms with van der Waals surface area (Å²) in [4.78, 5) is 13.3. The molecule has 1 amide bonds. The fourth-order valence-corrected chi connectivity index (χ4v) is 2.65. The molecule has 0 atom stereocenters. The summed E-state index contributed by atoms with van der Waals surface area (Å²) < 4.78 is 10.5. The van der Waals surface area contributed by atoms with E-state index < -0.39 is 0 Å². The molecule has 0 unspecified atom stereocenters. The number of fused-ring (bicyclic) bond motifs is 1. The molecule has 1 fully saturated rings. The molecule has 2 aliphatic heterocycles. The van der Waals surface area contributed by atoms with Crippen LogP contribution in [0.5, 0.6) is 11.5 Å². The molecule has 16 heavy (non-hydrogen) atoms. The predicted molar refractivity (Wildman–Crippen MR) is 60.8 cm³/mol. The molecule has 2 heterocycles. The van der Waals surface area contributed by atoms with E-state index in [1.54, 1.807) is 0 Å². The third-order valence-corrected chi connectivity index (χ3v) is 3.55. The normalized spacial score (nSPS) is 18.2. The molecule has 1 saturated heterocycles. The summed E-state index contributed by atoms with van der Waals surface area (Å²) in [7, 11) is 0. The maximum atomic E-state index is 11.4. The largest absolute Gasteiger partial charge is 0.454 e. The Kier molecular flexibility index (Phi) is 2.40. The van der Waals surface area contributed by atoms with Crippen molar-refractivity contribution < 1.29 is 14.3 Å². The molecular weight excluding hydrogens is 226 g/mol. The van der Waals surface area contributed by atoms with Gasteiger partial charge in [0.25, 0.3) is 5.24 Å². The van der Waals surface area contributed by atoms with Crippen LogP contribution in [0.25, 0.3) is 0 Å². The Morgan fingerprint density at radius 3 is 3.00 bits per heavy atom. The second-order valence-corrected chi connectivity index (χ2v) is 4.77. The second kappa shape index (κ2) is 3.90. The molecule has 84 valence electrons. The van der Waals surface area contributed by atoms with Crippen molar-refractivity contribution in [1.82, 2.24) is 4.90 Å². The standard InChI is InChI=1S/C11H11NO3S/c13-11-12(3-4-16-11)6-8-1-2-9-10(5-8)15-7-14-9/h1-2,5H,3-4,6-7H2. The molecule has 0 aliphatic carbocycles. The Balaban J connectivity index is 1.77. The van der Waals surface area contributed by atoms with E-state index in [2.05, 4.69) is 0 Å². The van der Waals surface area contributed by atoms with Crippen molar-refractivity contribution in [2.75, 3.05) is 19.1 Å². The van der Waals surface area contributed by atoms with E-state index in [4.69, 9.17) is 9.47 Å². The highest BCUT2D eigenvalue weighted by Crippen LogP contribution is 2.33. The number of carbonyl (C=O) groups excluding carboxylic acids is 1. The zero-order chi connectivity index (χ0) is 11.0. The Hall–Kier alpha value is -1.36. The fourth-order valence-electron chi connectivity index (χ4n) is 1.83. The van der Waals surface area contributed by atoms with E-state index in [9.17, 15) is 4.79 Å². The number of nitrogens with zero attached hydrogens (tertiary/aromatic N) is 1. The molecule has 1 aromatic rings. The first-order valence-corrected chi connectivity index (χ1v) is 6.12. The molecule has 5 heteroatoms. The van der Waals surface area contributed by atoms with Crippen LogP contribution in [0.15, 0.2) is 18.2 Å². The van der Waals surface area contributed by atoms with Crippen molar-refractivity contribution in [2.24, 2.45) is 0 Å². The summed E-state index contributed by atoms with van der Waals surface area (Å²) in [6.45, 7) is 1.78. The average Bonchev–Trinajstić information content (AvgIpc) is 2.88. The van der Waals surface area contributed by atoms with Gasteiger partial charge >= 0.3 is 0 Å². The molecule has 3 rings (SSSR count). The minimum atomic E-state index is 0.165. The molecule has 0 aromatic heterocycles. The third-order valence-electron chi connectivity index (χ3n) is 2.66. The Morgan fingerprint density at radius 1 is 1.31 bits per heavy atom. The van der Waals surface area contributed by atoms with Gasteiger partial charge in [-0.05, 0) is 17.7 Å². The Bertz CT molecular complexity index is 435. The highest BCUT2D eigenvalue weighted by atomic mass is 32.2. The topological polar surface area (TPSA) is 38.8 Å². The van der Waals surface area contributed by atoms with Crippen molar-refractivity contribution in [3.8, 4) is 11.5 Å². The number of carbonyl (C=O) groups is 1. The van der Waals surface area contributed by atoms with Crippen LogP contribution >= 0.6 is 11.8 Å². The van der Waals surface area contributed by atoms with E-state index in [1.807, 2.05) is 23.1 Å². The zero-order valence-corrected chi connectivity index (χ0v) is 9.46. The molecule has 0 radical (unpaired) electrons. The first-order chi connectivity index (χ1) is 7.83. The number of thioether (sulfide) groups is 1. The first kappa shape index (κ1) is 9.84. The molecule has 0 saturated carbocycles. The van der Waals surface area contributed by atoms with Gasteiger partial charge < -0.3 is 14.4 Å². The van der Waals surface area contributed by atoms with Crippen molar-refractivity contribution >= 4 is 17.0 Å². The third kappa shape index (κ3) is 1.71. The number of ether oxygens (including phenoxy) is 2. The van der Waals surface area contributed by atoms with Gasteiger partial charge in [-0.15, -0.1) is 0 Å². The van der Waals surface area contributed by atoms with Crippen LogP contribution in [0.1, 0.15) is 5.56 Å². The van der Waals surface area contributed by atoms with Crippen molar-refractivity contribution in [3.63, 3.8) is 0 Å². The van der Waals surface area contributed by atoms with Gasteiger partial charge in [-0.25, -0.2) is 0 Å². The Morgan fingerprint density at radius 2 is 2.19 bits per heavy atom. The minimum absolute atomic E-state index is 0.165. The lowest BCUT2D eigenvalue weighted by molar-refractivity contribution is 0.174. The number of benzene rings is 1. The SMILES string of the molecule is O=C1SCCN1Cc1ccc2c(c1)OCO2. The van der Waals surface area contributed by atoms with Gasteiger partial charge in [-0.1, -0.05) is 17.8 Å². The zero-order valence-electron chi connectivity index (χ0n) is 8.64. The summed E-state index contributed by atoms with van der Waals surface area (Å²) >= 11 is 1.38. The van der Waals surface area contributed by atoms with E-state index >= 15 is 0 Å². The molecule has 0 bridgehead atoms. The molecule has 4 nitrogen and oxygen atoms in total. The maximum absolute atomic E-state index is 11.4. The van der Waals surface area contributed by atoms with Crippen LogP contribution in [0.3, 0.4) is 0 Å². The first-order valence-electron chi connectivity index (χ1n) is 5.13. The average molecular weight is 237 g/mol. The van der Waals surface area contributed by atoms with Gasteiger partial charge in [0.2, 0.25) is 6.79 Å². The van der Waals surface area contributed by atoms with Gasteiger partial charge in [0.1, 0.15) is 0 Å². The summed E-state index contributed by atoms with van der Waals surface area (Å²) in [5, 5.41) is 0.165. The fraction of sp³-hybridized carbons (Fsp3) is 0.364. The van der Waals surface area contributed by atoms with Gasteiger partial charge in [0.15, 0.2) is 11.5 Å². The number of hydrogen-bond donors (Lipinski definition) is 0. The van der Waals surface area contributed by atoms with Gasteiger partial charge in [0.05, 0.1) is 0 Å². The van der Waals surface area contributed by atoms with Gasteiger partial charge in [0, 0.05) is 18.8 Å². The van der Waals surface area contributed by atoms with E-state index in [0.29, 0.717) is 6.54 Å². The van der Waals surface area contributed by atoms with E-state index in [0.717, 1.165) is 29.4 Å². The van der Waals surface area contributed by atoms with Crippen molar-refractivity contribution in [3.05, 3.63) is 23.8 Å². The maximum Gasteiger partial charge on any atom is 0.282 e. The van der Waals surface area contributed by atoms with Gasteiger partial charge in [-0.2, -0.15) is 0 Å². The van der Waals surface area contributed by atoms with Gasteiger partial charge in [-0.3, -0.25) is 4.79 Å². The summed E-state index contributed by atoms with van der Waals surface area (Å²) in [5.74, 6) is 2.45. The molecule has 0 spiro atoms. The quantitative estimate of drug-likeness (QED) is 0.789. The number of rotatable bonds is 2. The van der Waals surface area contributed by atoms with Crippen LogP contribution in [0.2, 0.25) is 0 Å². The van der Waals surface area contributed by atoms with Crippen molar-refractivity contribution in [2.45, 2.75) is 6.54 Å². The predicted octanol–water partition coefficient (Wildman–Crippen LogP) is 2.08. The minimum Gasteiger partial charge on any atom is -0.454 e. The van der Waals surface area contributed by atoms with Crippen LogP contribution in [-0.4, -0.2) is 29.2 Å². The monoisotopic (exact) mass is 237 g/mol. The van der Waals surface area contributed by atoms with E-state index in [1.165, 1.54) is 11.8 Å². The summed E-state index contributed by atoms with van der Waals surface area (Å²) in [5.41, 5.74) is 1.08. The highest BCUT2D eigenvalue weighted by Gasteiger charge is 2.22. The van der Waals surface area contributed by atoms with Crippen LogP contribution in [-0.2, 0) is 6.54 Å². The lowest BCUT2D eigenvalue weighted by Crippen LogP contribution is -2.22. The molecule has 1 aromatic carbocycles. The molecule has 2 aliphatic rings.